The van der Waals surface area contributed by atoms with E-state index in [0.717, 1.165) is 24.4 Å². The molecule has 2 unspecified atom stereocenters. The molecule has 29 heavy (non-hydrogen) atoms. The zero-order chi connectivity index (χ0) is 20.6. The topological polar surface area (TPSA) is 0 Å². The third-order valence-electron chi connectivity index (χ3n) is 5.07. The van der Waals surface area contributed by atoms with Crippen LogP contribution in [-0.4, -0.2) is 5.66 Å². The van der Waals surface area contributed by atoms with Gasteiger partial charge in [-0.3, -0.25) is 0 Å². The third kappa shape index (κ3) is 10.4. The molecule has 2 atom stereocenters. The monoisotopic (exact) mass is 590 g/mol. The SMILES string of the molecule is C[CH-]C1CCCC1P(c1ccccc1)c1ccccc1.[CH2-]CCC.[CH2-]CCC.[Pt]. The Kier molecular flexibility index (Phi) is 18.1. The van der Waals surface area contributed by atoms with Crippen LogP contribution in [0.3, 0.4) is 0 Å². The van der Waals surface area contributed by atoms with Gasteiger partial charge in [0, 0.05) is 21.1 Å². The van der Waals surface area contributed by atoms with Crippen molar-refractivity contribution >= 4 is 18.5 Å². The first-order valence-electron chi connectivity index (χ1n) is 11.0. The zero-order valence-electron chi connectivity index (χ0n) is 18.6. The minimum absolute atomic E-state index is 0. The molecular formula is C27H40PPt-3. The van der Waals surface area contributed by atoms with Crippen LogP contribution in [0.4, 0.5) is 0 Å². The molecule has 1 fully saturated rings. The van der Waals surface area contributed by atoms with Gasteiger partial charge in [0.05, 0.1) is 0 Å². The minimum atomic E-state index is -0.228. The summed E-state index contributed by atoms with van der Waals surface area (Å²) in [6, 6.07) is 22.3. The van der Waals surface area contributed by atoms with Crippen molar-refractivity contribution in [1.29, 1.82) is 0 Å². The van der Waals surface area contributed by atoms with Crippen molar-refractivity contribution in [3.05, 3.63) is 80.9 Å². The average Bonchev–Trinajstić information content (AvgIpc) is 3.24. The van der Waals surface area contributed by atoms with Crippen LogP contribution in [0.5, 0.6) is 0 Å². The van der Waals surface area contributed by atoms with Crippen molar-refractivity contribution in [2.75, 3.05) is 0 Å². The molecule has 0 aromatic heterocycles. The van der Waals surface area contributed by atoms with Crippen LogP contribution >= 0.6 is 7.92 Å². The molecule has 0 saturated heterocycles. The summed E-state index contributed by atoms with van der Waals surface area (Å²) >= 11 is 0. The Labute approximate surface area is 197 Å². The van der Waals surface area contributed by atoms with Crippen molar-refractivity contribution in [3.63, 3.8) is 0 Å². The van der Waals surface area contributed by atoms with Crippen LogP contribution in [0.25, 0.3) is 0 Å². The molecule has 0 heterocycles. The van der Waals surface area contributed by atoms with Gasteiger partial charge in [-0.1, -0.05) is 100 Å². The number of hydrogen-bond donors (Lipinski definition) is 0. The summed E-state index contributed by atoms with van der Waals surface area (Å²) in [7, 11) is -0.228. The molecule has 1 aliphatic rings. The summed E-state index contributed by atoms with van der Waals surface area (Å²) < 4.78 is 0. The van der Waals surface area contributed by atoms with Crippen molar-refractivity contribution in [2.45, 2.75) is 71.4 Å². The summed E-state index contributed by atoms with van der Waals surface area (Å²) in [6.45, 7) is 13.7. The Bertz CT molecular complexity index is 537. The van der Waals surface area contributed by atoms with E-state index in [1.807, 2.05) is 0 Å². The molecular weight excluding hydrogens is 550 g/mol. The van der Waals surface area contributed by atoms with Crippen molar-refractivity contribution in [2.24, 2.45) is 5.92 Å². The Morgan fingerprint density at radius 3 is 1.59 bits per heavy atom. The molecule has 0 amide bonds. The van der Waals surface area contributed by atoms with E-state index in [4.69, 9.17) is 0 Å². The number of unbranched alkanes of at least 4 members (excludes halogenated alkanes) is 2. The van der Waals surface area contributed by atoms with E-state index in [0.29, 0.717) is 0 Å². The van der Waals surface area contributed by atoms with Gasteiger partial charge in [-0.2, -0.15) is 25.7 Å². The predicted octanol–water partition coefficient (Wildman–Crippen LogP) is 7.75. The van der Waals surface area contributed by atoms with Gasteiger partial charge >= 0.3 is 0 Å². The predicted molar refractivity (Wildman–Crippen MR) is 131 cm³/mol. The normalized spacial score (nSPS) is 17.4. The molecule has 0 N–H and O–H groups in total. The molecule has 0 bridgehead atoms. The summed E-state index contributed by atoms with van der Waals surface area (Å²) in [5, 5.41) is 3.07. The molecule has 1 aliphatic carbocycles. The van der Waals surface area contributed by atoms with Gasteiger partial charge in [-0.25, -0.2) is 0 Å². The van der Waals surface area contributed by atoms with Gasteiger partial charge in [0.1, 0.15) is 0 Å². The molecule has 2 aromatic carbocycles. The van der Waals surface area contributed by atoms with Crippen LogP contribution in [0.1, 0.15) is 65.7 Å². The second-order valence-electron chi connectivity index (χ2n) is 7.24. The van der Waals surface area contributed by atoms with E-state index in [2.05, 4.69) is 102 Å². The van der Waals surface area contributed by atoms with Crippen molar-refractivity contribution in [1.82, 2.24) is 0 Å². The largest absolute Gasteiger partial charge is 0.343 e. The van der Waals surface area contributed by atoms with E-state index in [-0.39, 0.29) is 29.0 Å². The minimum Gasteiger partial charge on any atom is -0.343 e. The van der Waals surface area contributed by atoms with Crippen LogP contribution in [0, 0.1) is 26.2 Å². The maximum atomic E-state index is 3.60. The first-order valence-corrected chi connectivity index (χ1v) is 12.4. The second kappa shape index (κ2) is 18.3. The summed E-state index contributed by atoms with van der Waals surface area (Å²) in [6.07, 6.45) is 11.1. The number of rotatable bonds is 6. The molecule has 0 spiro atoms. The van der Waals surface area contributed by atoms with Crippen molar-refractivity contribution in [3.8, 4) is 0 Å². The standard InChI is InChI=1S/C19H22P.2C4H9.Pt/c1-2-16-10-9-15-19(16)20(17-11-5-3-6-12-17)18-13-7-4-8-14-18;2*1-3-4-2;/h2-8,11-14,16,19H,9-10,15H2,1H3;2*1,3-4H2,2H3;/q3*-1;. The van der Waals surface area contributed by atoms with Gasteiger partial charge in [0.25, 0.3) is 0 Å². The Morgan fingerprint density at radius 2 is 1.24 bits per heavy atom. The van der Waals surface area contributed by atoms with E-state index in [1.54, 1.807) is 0 Å². The smallest absolute Gasteiger partial charge is 0 e. The molecule has 166 valence electrons. The number of hydrogen-bond acceptors (Lipinski definition) is 0. The fourth-order valence-electron chi connectivity index (χ4n) is 3.39. The Balaban J connectivity index is 0.000000752. The van der Waals surface area contributed by atoms with Gasteiger partial charge in [-0.05, 0) is 30.6 Å². The second-order valence-corrected chi connectivity index (χ2v) is 9.68. The van der Waals surface area contributed by atoms with E-state index < -0.39 is 0 Å². The molecule has 2 heteroatoms. The summed E-state index contributed by atoms with van der Waals surface area (Å²) in [5.41, 5.74) is 0.819. The zero-order valence-corrected chi connectivity index (χ0v) is 21.8. The van der Waals surface area contributed by atoms with Gasteiger partial charge in [0.2, 0.25) is 0 Å². The first kappa shape index (κ1) is 28.6. The molecule has 0 aliphatic heterocycles. The van der Waals surface area contributed by atoms with Crippen LogP contribution in [-0.2, 0) is 21.1 Å². The van der Waals surface area contributed by atoms with Crippen LogP contribution in [0.15, 0.2) is 60.7 Å². The average molecular weight is 591 g/mol. The van der Waals surface area contributed by atoms with E-state index >= 15 is 0 Å². The molecule has 0 nitrogen and oxygen atoms in total. The molecule has 2 aromatic rings. The Hall–Kier alpha value is -0.442. The Morgan fingerprint density at radius 1 is 0.828 bits per heavy atom. The fourth-order valence-corrected chi connectivity index (χ4v) is 6.58. The van der Waals surface area contributed by atoms with E-state index in [1.165, 1.54) is 42.7 Å². The van der Waals surface area contributed by atoms with Crippen molar-refractivity contribution < 1.29 is 21.1 Å². The summed E-state index contributed by atoms with van der Waals surface area (Å²) in [5.74, 6) is 0.793. The van der Waals surface area contributed by atoms with Crippen LogP contribution < -0.4 is 10.6 Å². The van der Waals surface area contributed by atoms with Crippen LogP contribution in [0.2, 0.25) is 0 Å². The third-order valence-corrected chi connectivity index (χ3v) is 8.08. The summed E-state index contributed by atoms with van der Waals surface area (Å²) in [4.78, 5) is 0. The maximum absolute atomic E-state index is 3.60. The first-order chi connectivity index (χ1) is 13.7. The molecule has 3 rings (SSSR count). The maximum Gasteiger partial charge on any atom is 0 e. The van der Waals surface area contributed by atoms with Gasteiger partial charge in [0.15, 0.2) is 0 Å². The fraction of sp³-hybridized carbons (Fsp3) is 0.444. The van der Waals surface area contributed by atoms with Gasteiger partial charge in [-0.15, -0.1) is 0 Å². The molecule has 1 saturated carbocycles. The number of benzene rings is 2. The molecule has 0 radical (unpaired) electrons. The quantitative estimate of drug-likeness (QED) is 0.238. The van der Waals surface area contributed by atoms with Gasteiger partial charge < -0.3 is 20.3 Å². The van der Waals surface area contributed by atoms with E-state index in [9.17, 15) is 0 Å².